The quantitative estimate of drug-likeness (QED) is 0.517. The summed E-state index contributed by atoms with van der Waals surface area (Å²) in [7, 11) is 0. The molecule has 3 aliphatic rings. The van der Waals surface area contributed by atoms with Crippen LogP contribution in [-0.4, -0.2) is 0 Å². The predicted molar refractivity (Wildman–Crippen MR) is 108 cm³/mol. The van der Waals surface area contributed by atoms with E-state index in [4.69, 9.17) is 0 Å². The van der Waals surface area contributed by atoms with E-state index in [1.165, 1.54) is 77.0 Å². The Bertz CT molecular complexity index is 571. The molecule has 3 aliphatic carbocycles. The summed E-state index contributed by atoms with van der Waals surface area (Å²) in [5.41, 5.74) is 0.986. The highest BCUT2D eigenvalue weighted by molar-refractivity contribution is 5.22. The Balaban J connectivity index is 1.25. The Morgan fingerprint density at radius 3 is 2.23 bits per heavy atom. The lowest BCUT2D eigenvalue weighted by Crippen LogP contribution is -2.31. The Morgan fingerprint density at radius 2 is 1.42 bits per heavy atom. The van der Waals surface area contributed by atoms with Gasteiger partial charge in [0.25, 0.3) is 0 Å². The van der Waals surface area contributed by atoms with E-state index >= 15 is 0 Å². The molecule has 0 aliphatic heterocycles. The van der Waals surface area contributed by atoms with Gasteiger partial charge in [-0.25, -0.2) is 4.39 Å². The van der Waals surface area contributed by atoms with Crippen molar-refractivity contribution in [3.8, 4) is 0 Å². The van der Waals surface area contributed by atoms with Gasteiger partial charge in [-0.2, -0.15) is 0 Å². The zero-order chi connectivity index (χ0) is 17.9. The minimum Gasteiger partial charge on any atom is -0.207 e. The number of fused-ring (bicyclic) bond motifs is 1. The van der Waals surface area contributed by atoms with Crippen molar-refractivity contribution in [2.24, 2.45) is 29.6 Å². The Morgan fingerprint density at radius 1 is 0.769 bits per heavy atom. The van der Waals surface area contributed by atoms with E-state index in [0.717, 1.165) is 35.2 Å². The molecule has 4 unspecified atom stereocenters. The number of hydrogen-bond acceptors (Lipinski definition) is 0. The highest BCUT2D eigenvalue weighted by Gasteiger charge is 2.36. The van der Waals surface area contributed by atoms with Gasteiger partial charge in [-0.05, 0) is 79.2 Å². The third kappa shape index (κ3) is 4.34. The van der Waals surface area contributed by atoms with Crippen LogP contribution in [0.4, 0.5) is 4.39 Å². The van der Waals surface area contributed by atoms with E-state index in [9.17, 15) is 4.39 Å². The van der Waals surface area contributed by atoms with Crippen LogP contribution >= 0.6 is 0 Å². The largest absolute Gasteiger partial charge is 0.207 e. The summed E-state index contributed by atoms with van der Waals surface area (Å²) in [6.07, 6.45) is 17.0. The minimum absolute atomic E-state index is 0.0198. The number of rotatable bonds is 4. The summed E-state index contributed by atoms with van der Waals surface area (Å²) in [6.45, 7) is 2.43. The summed E-state index contributed by atoms with van der Waals surface area (Å²) in [4.78, 5) is 0. The third-order valence-electron chi connectivity index (χ3n) is 8.19. The van der Waals surface area contributed by atoms with E-state index in [1.54, 1.807) is 6.07 Å². The average Bonchev–Trinajstić information content (AvgIpc) is 2.67. The van der Waals surface area contributed by atoms with Crippen molar-refractivity contribution in [2.75, 3.05) is 0 Å². The van der Waals surface area contributed by atoms with Crippen molar-refractivity contribution in [1.29, 1.82) is 0 Å². The molecule has 4 rings (SSSR count). The Kier molecular flexibility index (Phi) is 6.01. The maximum absolute atomic E-state index is 14.2. The first-order valence-corrected chi connectivity index (χ1v) is 11.4. The molecule has 144 valence electrons. The van der Waals surface area contributed by atoms with Crippen molar-refractivity contribution in [2.45, 2.75) is 89.9 Å². The van der Waals surface area contributed by atoms with Gasteiger partial charge in [0.05, 0.1) is 0 Å². The van der Waals surface area contributed by atoms with Crippen LogP contribution in [0.3, 0.4) is 0 Å². The first-order valence-electron chi connectivity index (χ1n) is 11.4. The molecule has 0 nitrogen and oxygen atoms in total. The first kappa shape index (κ1) is 18.5. The van der Waals surface area contributed by atoms with Crippen LogP contribution in [0.5, 0.6) is 0 Å². The molecule has 1 aromatic rings. The van der Waals surface area contributed by atoms with Gasteiger partial charge < -0.3 is 0 Å². The predicted octanol–water partition coefficient (Wildman–Crippen LogP) is 7.73. The van der Waals surface area contributed by atoms with Gasteiger partial charge in [-0.3, -0.25) is 0 Å². The van der Waals surface area contributed by atoms with Gasteiger partial charge in [0.2, 0.25) is 0 Å². The topological polar surface area (TPSA) is 0 Å². The Hall–Kier alpha value is -0.850. The van der Waals surface area contributed by atoms with Crippen LogP contribution < -0.4 is 0 Å². The van der Waals surface area contributed by atoms with Crippen molar-refractivity contribution in [3.05, 3.63) is 35.6 Å². The van der Waals surface area contributed by atoms with E-state index in [2.05, 4.69) is 6.92 Å². The molecular weight excluding hydrogens is 319 g/mol. The molecule has 1 heteroatoms. The maximum atomic E-state index is 14.2. The highest BCUT2D eigenvalue weighted by atomic mass is 19.1. The van der Waals surface area contributed by atoms with Crippen molar-refractivity contribution >= 4 is 0 Å². The molecule has 0 amide bonds. The fourth-order valence-corrected chi connectivity index (χ4v) is 6.43. The second-order valence-electron chi connectivity index (χ2n) is 9.93. The molecule has 3 saturated carbocycles. The molecule has 0 bridgehead atoms. The number of halogens is 1. The van der Waals surface area contributed by atoms with E-state index < -0.39 is 0 Å². The van der Waals surface area contributed by atoms with Crippen molar-refractivity contribution in [3.63, 3.8) is 0 Å². The third-order valence-corrected chi connectivity index (χ3v) is 8.19. The van der Waals surface area contributed by atoms with Crippen LogP contribution in [0.2, 0.25) is 0 Å². The Labute approximate surface area is 160 Å². The van der Waals surface area contributed by atoms with Crippen LogP contribution in [-0.2, 0) is 0 Å². The lowest BCUT2D eigenvalue weighted by Gasteiger charge is -2.42. The van der Waals surface area contributed by atoms with Crippen LogP contribution in [0.1, 0.15) is 95.5 Å². The van der Waals surface area contributed by atoms with Gasteiger partial charge in [-0.15, -0.1) is 0 Å². The number of hydrogen-bond donors (Lipinski definition) is 0. The molecule has 0 saturated heterocycles. The fourth-order valence-electron chi connectivity index (χ4n) is 6.43. The standard InChI is InChI=1S/C25H37F/c1-18-6-8-19(9-7-18)10-11-20-12-13-22-17-23(15-14-21(22)16-20)24-4-2-3-5-25(24)26/h2-5,18-23H,6-17H2,1H3. The summed E-state index contributed by atoms with van der Waals surface area (Å²) in [5, 5.41) is 0. The molecule has 0 spiro atoms. The van der Waals surface area contributed by atoms with Crippen LogP contribution in [0.25, 0.3) is 0 Å². The SMILES string of the molecule is CC1CCC(CCC2CCC3CC(c4ccccc4F)CCC3C2)CC1. The normalized spacial score (nSPS) is 37.9. The smallest absolute Gasteiger partial charge is 0.126 e. The van der Waals surface area contributed by atoms with Gasteiger partial charge in [-0.1, -0.05) is 70.1 Å². The van der Waals surface area contributed by atoms with E-state index in [-0.39, 0.29) is 5.82 Å². The zero-order valence-electron chi connectivity index (χ0n) is 16.6. The minimum atomic E-state index is 0.0198. The van der Waals surface area contributed by atoms with Crippen LogP contribution in [0.15, 0.2) is 24.3 Å². The molecule has 4 atom stereocenters. The summed E-state index contributed by atoms with van der Waals surface area (Å²) in [5.74, 6) is 5.28. The fraction of sp³-hybridized carbons (Fsp3) is 0.760. The van der Waals surface area contributed by atoms with E-state index in [0.29, 0.717) is 5.92 Å². The second kappa shape index (κ2) is 8.44. The number of benzene rings is 1. The molecule has 1 aromatic carbocycles. The summed E-state index contributed by atoms with van der Waals surface area (Å²) in [6, 6.07) is 7.50. The van der Waals surface area contributed by atoms with Crippen LogP contribution in [0, 0.1) is 35.4 Å². The van der Waals surface area contributed by atoms with E-state index in [1.807, 2.05) is 18.2 Å². The van der Waals surface area contributed by atoms with Gasteiger partial charge >= 0.3 is 0 Å². The molecular formula is C25H37F. The van der Waals surface area contributed by atoms with Crippen molar-refractivity contribution < 1.29 is 4.39 Å². The van der Waals surface area contributed by atoms with Gasteiger partial charge in [0, 0.05) is 0 Å². The first-order chi connectivity index (χ1) is 12.7. The molecule has 3 fully saturated rings. The lowest BCUT2D eigenvalue weighted by molar-refractivity contribution is 0.108. The molecule has 0 radical (unpaired) electrons. The molecule has 0 heterocycles. The van der Waals surface area contributed by atoms with Gasteiger partial charge in [0.15, 0.2) is 0 Å². The molecule has 26 heavy (non-hydrogen) atoms. The maximum Gasteiger partial charge on any atom is 0.126 e. The van der Waals surface area contributed by atoms with Gasteiger partial charge in [0.1, 0.15) is 5.82 Å². The lowest BCUT2D eigenvalue weighted by atomic mass is 9.63. The average molecular weight is 357 g/mol. The summed E-state index contributed by atoms with van der Waals surface area (Å²) < 4.78 is 14.2. The molecule has 0 aromatic heterocycles. The molecule has 0 N–H and O–H groups in total. The summed E-state index contributed by atoms with van der Waals surface area (Å²) >= 11 is 0. The zero-order valence-corrected chi connectivity index (χ0v) is 16.6. The highest BCUT2D eigenvalue weighted by Crippen LogP contribution is 2.49. The second-order valence-corrected chi connectivity index (χ2v) is 9.93. The van der Waals surface area contributed by atoms with Crippen molar-refractivity contribution in [1.82, 2.24) is 0 Å². The monoisotopic (exact) mass is 356 g/mol.